The highest BCUT2D eigenvalue weighted by Gasteiger charge is 2.08. The van der Waals surface area contributed by atoms with Crippen LogP contribution in [0.4, 0.5) is 0 Å². The van der Waals surface area contributed by atoms with Gasteiger partial charge in [-0.3, -0.25) is 9.59 Å². The van der Waals surface area contributed by atoms with Gasteiger partial charge in [0.1, 0.15) is 0 Å². The normalized spacial score (nSPS) is 11.9. The van der Waals surface area contributed by atoms with Gasteiger partial charge in [-0.15, -0.1) is 0 Å². The van der Waals surface area contributed by atoms with Gasteiger partial charge in [0, 0.05) is 19.9 Å². The van der Waals surface area contributed by atoms with Crippen LogP contribution in [0.3, 0.4) is 0 Å². The summed E-state index contributed by atoms with van der Waals surface area (Å²) >= 11 is 0. The van der Waals surface area contributed by atoms with E-state index < -0.39 is 0 Å². The molecule has 0 heterocycles. The van der Waals surface area contributed by atoms with E-state index in [0.717, 1.165) is 6.42 Å². The van der Waals surface area contributed by atoms with Crippen molar-refractivity contribution in [2.24, 2.45) is 0 Å². The third-order valence-electron chi connectivity index (χ3n) is 1.97. The van der Waals surface area contributed by atoms with Crippen molar-refractivity contribution in [3.05, 3.63) is 0 Å². The molecule has 0 aromatic rings. The molecule has 0 aromatic carbocycles. The standard InChI is InChI=1S/C10H19NO3/c1-4-8(2)14-10(13)7-5-6-9(12)11-3/h8H,4-7H2,1-3H3,(H,11,12). The Morgan fingerprint density at radius 2 is 2.00 bits per heavy atom. The molecule has 14 heavy (non-hydrogen) atoms. The molecule has 0 rings (SSSR count). The Bertz CT molecular complexity index is 192. The maximum Gasteiger partial charge on any atom is 0.306 e. The molecule has 1 amide bonds. The van der Waals surface area contributed by atoms with E-state index in [1.54, 1.807) is 7.05 Å². The van der Waals surface area contributed by atoms with Gasteiger partial charge in [-0.2, -0.15) is 0 Å². The average molecular weight is 201 g/mol. The molecule has 0 fully saturated rings. The number of hydrogen-bond donors (Lipinski definition) is 1. The first-order valence-electron chi connectivity index (χ1n) is 5.00. The molecule has 0 aliphatic rings. The van der Waals surface area contributed by atoms with Crippen LogP contribution in [0.5, 0.6) is 0 Å². The fraction of sp³-hybridized carbons (Fsp3) is 0.800. The molecule has 4 nitrogen and oxygen atoms in total. The van der Waals surface area contributed by atoms with Gasteiger partial charge in [0.2, 0.25) is 5.91 Å². The number of esters is 1. The van der Waals surface area contributed by atoms with Crippen LogP contribution >= 0.6 is 0 Å². The lowest BCUT2D eigenvalue weighted by Crippen LogP contribution is -2.18. The summed E-state index contributed by atoms with van der Waals surface area (Å²) in [5, 5.41) is 2.50. The Labute approximate surface area is 85.0 Å². The summed E-state index contributed by atoms with van der Waals surface area (Å²) in [7, 11) is 1.58. The second-order valence-electron chi connectivity index (χ2n) is 3.24. The lowest BCUT2D eigenvalue weighted by molar-refractivity contribution is -0.148. The van der Waals surface area contributed by atoms with Gasteiger partial charge in [0.05, 0.1) is 6.10 Å². The lowest BCUT2D eigenvalue weighted by atomic mass is 10.2. The first-order chi connectivity index (χ1) is 6.60. The lowest BCUT2D eigenvalue weighted by Gasteiger charge is -2.10. The summed E-state index contributed by atoms with van der Waals surface area (Å²) in [4.78, 5) is 21.9. The van der Waals surface area contributed by atoms with Crippen LogP contribution in [0, 0.1) is 0 Å². The molecule has 0 bridgehead atoms. The first-order valence-corrected chi connectivity index (χ1v) is 5.00. The van der Waals surface area contributed by atoms with Gasteiger partial charge < -0.3 is 10.1 Å². The van der Waals surface area contributed by atoms with Gasteiger partial charge >= 0.3 is 5.97 Å². The molecule has 0 saturated carbocycles. The van der Waals surface area contributed by atoms with Crippen molar-refractivity contribution in [1.29, 1.82) is 0 Å². The largest absolute Gasteiger partial charge is 0.463 e. The van der Waals surface area contributed by atoms with Crippen LogP contribution in [0.2, 0.25) is 0 Å². The average Bonchev–Trinajstić information content (AvgIpc) is 2.17. The van der Waals surface area contributed by atoms with Crippen molar-refractivity contribution in [3.63, 3.8) is 0 Å². The maximum atomic E-state index is 11.1. The van der Waals surface area contributed by atoms with E-state index in [0.29, 0.717) is 19.3 Å². The van der Waals surface area contributed by atoms with Crippen molar-refractivity contribution in [1.82, 2.24) is 5.32 Å². The van der Waals surface area contributed by atoms with Crippen LogP contribution in [0.15, 0.2) is 0 Å². The molecule has 0 radical (unpaired) electrons. The molecule has 0 spiro atoms. The van der Waals surface area contributed by atoms with E-state index in [4.69, 9.17) is 4.74 Å². The molecule has 0 saturated heterocycles. The van der Waals surface area contributed by atoms with Gasteiger partial charge in [0.25, 0.3) is 0 Å². The van der Waals surface area contributed by atoms with Gasteiger partial charge in [-0.05, 0) is 19.8 Å². The fourth-order valence-corrected chi connectivity index (χ4v) is 0.885. The minimum Gasteiger partial charge on any atom is -0.463 e. The predicted octanol–water partition coefficient (Wildman–Crippen LogP) is 1.24. The Morgan fingerprint density at radius 3 is 2.50 bits per heavy atom. The highest BCUT2D eigenvalue weighted by atomic mass is 16.5. The molecular formula is C10H19NO3. The van der Waals surface area contributed by atoms with Crippen molar-refractivity contribution >= 4 is 11.9 Å². The van der Waals surface area contributed by atoms with E-state index in [1.165, 1.54) is 0 Å². The second kappa shape index (κ2) is 7.35. The molecular weight excluding hydrogens is 182 g/mol. The number of ether oxygens (including phenoxy) is 1. The number of carbonyl (C=O) groups excluding carboxylic acids is 2. The smallest absolute Gasteiger partial charge is 0.306 e. The highest BCUT2D eigenvalue weighted by molar-refractivity contribution is 5.76. The summed E-state index contributed by atoms with van der Waals surface area (Å²) in [5.74, 6) is -0.260. The Hall–Kier alpha value is -1.06. The second-order valence-corrected chi connectivity index (χ2v) is 3.24. The summed E-state index contributed by atoms with van der Waals surface area (Å²) in [6.45, 7) is 3.82. The Morgan fingerprint density at radius 1 is 1.36 bits per heavy atom. The monoisotopic (exact) mass is 201 g/mol. The van der Waals surface area contributed by atoms with E-state index >= 15 is 0 Å². The topological polar surface area (TPSA) is 55.4 Å². The van der Waals surface area contributed by atoms with Crippen LogP contribution in [0.1, 0.15) is 39.5 Å². The molecule has 0 aliphatic heterocycles. The van der Waals surface area contributed by atoms with Crippen LogP contribution in [0.25, 0.3) is 0 Å². The Balaban J connectivity index is 3.49. The minimum absolute atomic E-state index is 0.0255. The predicted molar refractivity (Wildman–Crippen MR) is 53.8 cm³/mol. The summed E-state index contributed by atoms with van der Waals surface area (Å²) in [6.07, 6.45) is 2.04. The third-order valence-corrected chi connectivity index (χ3v) is 1.97. The quantitative estimate of drug-likeness (QED) is 0.658. The van der Waals surface area contributed by atoms with E-state index in [9.17, 15) is 9.59 Å². The molecule has 0 aliphatic carbocycles. The fourth-order valence-electron chi connectivity index (χ4n) is 0.885. The maximum absolute atomic E-state index is 11.1. The molecule has 1 unspecified atom stereocenters. The van der Waals surface area contributed by atoms with Crippen LogP contribution < -0.4 is 5.32 Å². The Kier molecular flexibility index (Phi) is 6.80. The zero-order valence-electron chi connectivity index (χ0n) is 9.13. The number of amides is 1. The summed E-state index contributed by atoms with van der Waals surface area (Å²) in [6, 6.07) is 0. The first kappa shape index (κ1) is 12.9. The highest BCUT2D eigenvalue weighted by Crippen LogP contribution is 2.02. The van der Waals surface area contributed by atoms with Crippen LogP contribution in [-0.2, 0) is 14.3 Å². The summed E-state index contributed by atoms with van der Waals surface area (Å²) < 4.78 is 5.04. The molecule has 1 N–H and O–H groups in total. The van der Waals surface area contributed by atoms with Gasteiger partial charge in [-0.1, -0.05) is 6.92 Å². The number of hydrogen-bond acceptors (Lipinski definition) is 3. The zero-order chi connectivity index (χ0) is 11.0. The number of rotatable bonds is 6. The third kappa shape index (κ3) is 6.46. The van der Waals surface area contributed by atoms with E-state index in [-0.39, 0.29) is 18.0 Å². The summed E-state index contributed by atoms with van der Waals surface area (Å²) in [5.41, 5.74) is 0. The number of carbonyl (C=O) groups is 2. The van der Waals surface area contributed by atoms with Crippen molar-refractivity contribution in [2.45, 2.75) is 45.6 Å². The molecule has 0 aromatic heterocycles. The van der Waals surface area contributed by atoms with Crippen molar-refractivity contribution in [2.75, 3.05) is 7.05 Å². The van der Waals surface area contributed by atoms with E-state index in [2.05, 4.69) is 5.32 Å². The van der Waals surface area contributed by atoms with Gasteiger partial charge in [-0.25, -0.2) is 0 Å². The van der Waals surface area contributed by atoms with Crippen LogP contribution in [-0.4, -0.2) is 25.0 Å². The van der Waals surface area contributed by atoms with Crippen molar-refractivity contribution < 1.29 is 14.3 Å². The van der Waals surface area contributed by atoms with Gasteiger partial charge in [0.15, 0.2) is 0 Å². The molecule has 82 valence electrons. The minimum atomic E-state index is -0.219. The van der Waals surface area contributed by atoms with E-state index in [1.807, 2.05) is 13.8 Å². The van der Waals surface area contributed by atoms with Crippen molar-refractivity contribution in [3.8, 4) is 0 Å². The number of nitrogens with one attached hydrogen (secondary N) is 1. The molecule has 1 atom stereocenters. The zero-order valence-corrected chi connectivity index (χ0v) is 9.13. The molecule has 4 heteroatoms. The SMILES string of the molecule is CCC(C)OC(=O)CCCC(=O)NC.